The lowest BCUT2D eigenvalue weighted by molar-refractivity contribution is -0.116. The van der Waals surface area contributed by atoms with Gasteiger partial charge in [-0.25, -0.2) is 4.39 Å². The molecular formula is C23H24FN5O2S. The first-order valence-electron chi connectivity index (χ1n) is 10.1. The van der Waals surface area contributed by atoms with Crippen molar-refractivity contribution < 1.29 is 14.0 Å². The Bertz CT molecular complexity index is 1080. The average Bonchev–Trinajstić information content (AvgIpc) is 3.16. The molecular weight excluding hydrogens is 429 g/mol. The normalized spacial score (nSPS) is 10.6. The smallest absolute Gasteiger partial charge is 0.234 e. The number of halogens is 1. The maximum Gasteiger partial charge on any atom is 0.234 e. The van der Waals surface area contributed by atoms with Gasteiger partial charge in [-0.05, 0) is 48.4 Å². The molecule has 0 aliphatic heterocycles. The van der Waals surface area contributed by atoms with Gasteiger partial charge in [0, 0.05) is 17.9 Å². The number of benzene rings is 2. The number of allylic oxidation sites excluding steroid dienone is 1. The molecule has 0 saturated carbocycles. The summed E-state index contributed by atoms with van der Waals surface area (Å²) in [6.45, 7) is 6.21. The van der Waals surface area contributed by atoms with Gasteiger partial charge in [-0.2, -0.15) is 0 Å². The van der Waals surface area contributed by atoms with Crippen molar-refractivity contribution in [2.75, 3.05) is 16.4 Å². The van der Waals surface area contributed by atoms with Crippen LogP contribution in [0.2, 0.25) is 0 Å². The van der Waals surface area contributed by atoms with Crippen molar-refractivity contribution in [3.05, 3.63) is 78.4 Å². The summed E-state index contributed by atoms with van der Waals surface area (Å²) in [4.78, 5) is 24.7. The molecule has 1 aromatic heterocycles. The predicted octanol–water partition coefficient (Wildman–Crippen LogP) is 4.08. The number of carbonyl (C=O) groups is 2. The highest BCUT2D eigenvalue weighted by molar-refractivity contribution is 7.99. The van der Waals surface area contributed by atoms with Gasteiger partial charge < -0.3 is 15.2 Å². The minimum absolute atomic E-state index is 0.0191. The number of anilines is 2. The van der Waals surface area contributed by atoms with Crippen LogP contribution in [0.15, 0.2) is 66.3 Å². The Morgan fingerprint density at radius 3 is 2.28 bits per heavy atom. The molecule has 166 valence electrons. The first-order valence-corrected chi connectivity index (χ1v) is 11.1. The molecule has 0 radical (unpaired) electrons. The van der Waals surface area contributed by atoms with Gasteiger partial charge in [0.1, 0.15) is 11.6 Å². The van der Waals surface area contributed by atoms with Crippen LogP contribution >= 0.6 is 11.8 Å². The van der Waals surface area contributed by atoms with E-state index in [-0.39, 0.29) is 29.8 Å². The Morgan fingerprint density at radius 2 is 1.66 bits per heavy atom. The summed E-state index contributed by atoms with van der Waals surface area (Å²) in [5.74, 6) is -0.255. The van der Waals surface area contributed by atoms with Gasteiger partial charge in [0.25, 0.3) is 0 Å². The van der Waals surface area contributed by atoms with Gasteiger partial charge in [-0.15, -0.1) is 16.8 Å². The van der Waals surface area contributed by atoms with Crippen LogP contribution in [-0.4, -0.2) is 32.3 Å². The fourth-order valence-electron chi connectivity index (χ4n) is 2.90. The van der Waals surface area contributed by atoms with Crippen LogP contribution in [0.4, 0.5) is 15.8 Å². The molecule has 1 heterocycles. The van der Waals surface area contributed by atoms with Crippen molar-refractivity contribution in [3.63, 3.8) is 0 Å². The lowest BCUT2D eigenvalue weighted by Crippen LogP contribution is -2.18. The minimum atomic E-state index is -0.377. The Hall–Kier alpha value is -3.46. The van der Waals surface area contributed by atoms with E-state index in [2.05, 4.69) is 34.3 Å². The maximum absolute atomic E-state index is 13.0. The van der Waals surface area contributed by atoms with Gasteiger partial charge >= 0.3 is 0 Å². The van der Waals surface area contributed by atoms with Crippen molar-refractivity contribution in [2.24, 2.45) is 0 Å². The molecule has 0 unspecified atom stereocenters. The number of nitrogens with one attached hydrogen (secondary N) is 2. The van der Waals surface area contributed by atoms with Crippen molar-refractivity contribution >= 4 is 35.0 Å². The van der Waals surface area contributed by atoms with Crippen LogP contribution in [0.25, 0.3) is 0 Å². The average molecular weight is 454 g/mol. The van der Waals surface area contributed by atoms with E-state index in [0.717, 1.165) is 12.1 Å². The lowest BCUT2D eigenvalue weighted by Gasteiger charge is -2.09. The molecule has 9 heteroatoms. The molecule has 0 atom stereocenters. The van der Waals surface area contributed by atoms with Crippen LogP contribution in [0.3, 0.4) is 0 Å². The first kappa shape index (κ1) is 23.2. The Balaban J connectivity index is 1.59. The molecule has 0 spiro atoms. The minimum Gasteiger partial charge on any atom is -0.326 e. The van der Waals surface area contributed by atoms with Crippen molar-refractivity contribution in [1.82, 2.24) is 14.8 Å². The Kier molecular flexibility index (Phi) is 8.15. The zero-order valence-electron chi connectivity index (χ0n) is 17.7. The number of carbonyl (C=O) groups excluding carboxylic acids is 2. The number of aryl methyl sites for hydroxylation is 1. The standard InChI is InChI=1S/C23H24FN5O2S/c1-3-13-29-20(14-21(30)25-19-11-7-17(24)8-12-19)27-28-23(29)32-15-22(31)26-18-9-5-16(4-2)6-10-18/h3,5-12H,1,4,13-15H2,2H3,(H,25,30)(H,26,31). The molecule has 0 bridgehead atoms. The quantitative estimate of drug-likeness (QED) is 0.357. The molecule has 3 rings (SSSR count). The second kappa shape index (κ2) is 11.2. The zero-order chi connectivity index (χ0) is 22.9. The van der Waals surface area contributed by atoms with Gasteiger partial charge in [0.15, 0.2) is 5.16 Å². The topological polar surface area (TPSA) is 88.9 Å². The summed E-state index contributed by atoms with van der Waals surface area (Å²) in [5, 5.41) is 14.3. The fraction of sp³-hybridized carbons (Fsp3) is 0.217. The number of thioether (sulfide) groups is 1. The van der Waals surface area contributed by atoms with Crippen LogP contribution in [0, 0.1) is 5.82 Å². The lowest BCUT2D eigenvalue weighted by atomic mass is 10.1. The highest BCUT2D eigenvalue weighted by Gasteiger charge is 2.16. The molecule has 32 heavy (non-hydrogen) atoms. The highest BCUT2D eigenvalue weighted by atomic mass is 32.2. The third-order valence-corrected chi connectivity index (χ3v) is 5.50. The summed E-state index contributed by atoms with van der Waals surface area (Å²) in [6, 6.07) is 13.2. The number of amides is 2. The molecule has 7 nitrogen and oxygen atoms in total. The third kappa shape index (κ3) is 6.52. The van der Waals surface area contributed by atoms with Gasteiger partial charge in [0.05, 0.1) is 12.2 Å². The molecule has 2 amide bonds. The van der Waals surface area contributed by atoms with E-state index in [1.807, 2.05) is 24.3 Å². The Morgan fingerprint density at radius 1 is 1.03 bits per heavy atom. The highest BCUT2D eigenvalue weighted by Crippen LogP contribution is 2.19. The van der Waals surface area contributed by atoms with Crippen LogP contribution in [0.1, 0.15) is 18.3 Å². The predicted molar refractivity (Wildman–Crippen MR) is 124 cm³/mol. The van der Waals surface area contributed by atoms with Crippen molar-refractivity contribution in [3.8, 4) is 0 Å². The monoisotopic (exact) mass is 453 g/mol. The van der Waals surface area contributed by atoms with E-state index in [0.29, 0.717) is 23.2 Å². The molecule has 2 N–H and O–H groups in total. The number of hydrogen-bond donors (Lipinski definition) is 2. The maximum atomic E-state index is 13.0. The van der Waals surface area contributed by atoms with Crippen molar-refractivity contribution in [1.29, 1.82) is 0 Å². The third-order valence-electron chi connectivity index (χ3n) is 4.53. The summed E-state index contributed by atoms with van der Waals surface area (Å²) in [6.07, 6.45) is 2.59. The second-order valence-electron chi connectivity index (χ2n) is 6.92. The molecule has 0 fully saturated rings. The summed E-state index contributed by atoms with van der Waals surface area (Å²) < 4.78 is 14.8. The second-order valence-corrected chi connectivity index (χ2v) is 7.86. The van der Waals surface area contributed by atoms with E-state index < -0.39 is 0 Å². The molecule has 0 saturated heterocycles. The largest absolute Gasteiger partial charge is 0.326 e. The van der Waals surface area contributed by atoms with E-state index in [1.165, 1.54) is 41.6 Å². The number of rotatable bonds is 10. The van der Waals surface area contributed by atoms with Crippen molar-refractivity contribution in [2.45, 2.75) is 31.5 Å². The number of aromatic nitrogens is 3. The van der Waals surface area contributed by atoms with Crippen LogP contribution in [-0.2, 0) is 29.0 Å². The molecule has 0 aliphatic rings. The van der Waals surface area contributed by atoms with E-state index in [9.17, 15) is 14.0 Å². The van der Waals surface area contributed by atoms with Gasteiger partial charge in [0.2, 0.25) is 11.8 Å². The fourth-order valence-corrected chi connectivity index (χ4v) is 3.67. The zero-order valence-corrected chi connectivity index (χ0v) is 18.5. The summed E-state index contributed by atoms with van der Waals surface area (Å²) in [5.41, 5.74) is 2.42. The van der Waals surface area contributed by atoms with Gasteiger partial charge in [-0.3, -0.25) is 9.59 Å². The molecule has 2 aromatic carbocycles. The molecule has 0 aliphatic carbocycles. The SMILES string of the molecule is C=CCn1c(CC(=O)Nc2ccc(F)cc2)nnc1SCC(=O)Nc1ccc(CC)cc1. The molecule has 3 aromatic rings. The van der Waals surface area contributed by atoms with Crippen LogP contribution in [0.5, 0.6) is 0 Å². The van der Waals surface area contributed by atoms with Gasteiger partial charge in [-0.1, -0.05) is 36.9 Å². The van der Waals surface area contributed by atoms with Crippen LogP contribution < -0.4 is 10.6 Å². The number of hydrogen-bond acceptors (Lipinski definition) is 5. The first-order chi connectivity index (χ1) is 15.5. The van der Waals surface area contributed by atoms with E-state index in [1.54, 1.807) is 10.6 Å². The van der Waals surface area contributed by atoms with E-state index >= 15 is 0 Å². The summed E-state index contributed by atoms with van der Waals surface area (Å²) in [7, 11) is 0. The number of nitrogens with zero attached hydrogens (tertiary/aromatic N) is 3. The van der Waals surface area contributed by atoms with E-state index in [4.69, 9.17) is 0 Å². The Labute approximate surface area is 190 Å². The summed E-state index contributed by atoms with van der Waals surface area (Å²) >= 11 is 1.23.